The molecule has 0 fully saturated rings. The van der Waals surface area contributed by atoms with Crippen LogP contribution in [-0.4, -0.2) is 27.8 Å². The summed E-state index contributed by atoms with van der Waals surface area (Å²) in [5, 5.41) is 5.13. The summed E-state index contributed by atoms with van der Waals surface area (Å²) in [6, 6.07) is 13.2. The molecular weight excluding hydrogens is 320 g/mol. The summed E-state index contributed by atoms with van der Waals surface area (Å²) >= 11 is 1.65. The Kier molecular flexibility index (Phi) is 4.86. The van der Waals surface area contributed by atoms with E-state index in [-0.39, 0.29) is 11.9 Å². The van der Waals surface area contributed by atoms with Crippen molar-refractivity contribution in [3.05, 3.63) is 70.7 Å². The quantitative estimate of drug-likeness (QED) is 0.760. The Hall–Kier alpha value is -2.73. The summed E-state index contributed by atoms with van der Waals surface area (Å²) in [4.78, 5) is 23.9. The average molecular weight is 338 g/mol. The summed E-state index contributed by atoms with van der Waals surface area (Å²) in [6.07, 6.45) is 3.33. The summed E-state index contributed by atoms with van der Waals surface area (Å²) in [7, 11) is 1.83. The van der Waals surface area contributed by atoms with Crippen LogP contribution in [0.1, 0.15) is 28.2 Å². The Morgan fingerprint density at radius 2 is 1.96 bits per heavy atom. The van der Waals surface area contributed by atoms with Gasteiger partial charge in [-0.2, -0.15) is 0 Å². The van der Waals surface area contributed by atoms with Crippen molar-refractivity contribution < 1.29 is 4.79 Å². The van der Waals surface area contributed by atoms with Gasteiger partial charge in [-0.25, -0.2) is 9.97 Å². The van der Waals surface area contributed by atoms with Crippen molar-refractivity contribution in [2.75, 3.05) is 12.4 Å². The molecule has 5 nitrogen and oxygen atoms in total. The van der Waals surface area contributed by atoms with Gasteiger partial charge in [-0.15, -0.1) is 11.3 Å². The molecule has 6 heteroatoms. The molecule has 3 rings (SSSR count). The van der Waals surface area contributed by atoms with E-state index in [2.05, 4.69) is 15.3 Å². The zero-order valence-corrected chi connectivity index (χ0v) is 14.3. The third-order valence-electron chi connectivity index (χ3n) is 3.79. The lowest BCUT2D eigenvalue weighted by Gasteiger charge is -2.24. The summed E-state index contributed by atoms with van der Waals surface area (Å²) in [5.74, 6) is 0.482. The van der Waals surface area contributed by atoms with Gasteiger partial charge in [-0.3, -0.25) is 4.79 Å². The largest absolute Gasteiger partial charge is 0.334 e. The smallest absolute Gasteiger partial charge is 0.254 e. The third kappa shape index (κ3) is 3.60. The maximum absolute atomic E-state index is 12.8. The topological polar surface area (TPSA) is 58.1 Å². The van der Waals surface area contributed by atoms with Gasteiger partial charge in [0.1, 0.15) is 0 Å². The highest BCUT2D eigenvalue weighted by atomic mass is 32.1. The maximum atomic E-state index is 12.8. The number of thiophene rings is 1. The molecule has 3 aromatic rings. The molecule has 0 aliphatic rings. The highest BCUT2D eigenvalue weighted by molar-refractivity contribution is 7.10. The van der Waals surface area contributed by atoms with Crippen LogP contribution in [0.15, 0.2) is 60.2 Å². The van der Waals surface area contributed by atoms with Crippen molar-refractivity contribution in [2.24, 2.45) is 0 Å². The fraction of sp³-hybridized carbons (Fsp3) is 0.167. The number of carbonyl (C=O) groups excluding carboxylic acids is 1. The van der Waals surface area contributed by atoms with Crippen LogP contribution in [0.25, 0.3) is 0 Å². The van der Waals surface area contributed by atoms with Crippen LogP contribution in [0.5, 0.6) is 0 Å². The van der Waals surface area contributed by atoms with Crippen LogP contribution in [-0.2, 0) is 0 Å². The van der Waals surface area contributed by atoms with E-state index in [0.717, 1.165) is 10.6 Å². The second kappa shape index (κ2) is 7.23. The molecule has 0 saturated heterocycles. The van der Waals surface area contributed by atoms with Crippen molar-refractivity contribution in [3.63, 3.8) is 0 Å². The second-order valence-corrected chi connectivity index (χ2v) is 6.36. The minimum atomic E-state index is -0.0199. The number of nitrogens with one attached hydrogen (secondary N) is 1. The first-order valence-electron chi connectivity index (χ1n) is 7.60. The van der Waals surface area contributed by atoms with Crippen molar-refractivity contribution in [2.45, 2.75) is 13.0 Å². The maximum Gasteiger partial charge on any atom is 0.254 e. The predicted octanol–water partition coefficient (Wildman–Crippen LogP) is 4.11. The lowest BCUT2D eigenvalue weighted by Crippen LogP contribution is -2.29. The summed E-state index contributed by atoms with van der Waals surface area (Å²) in [6.45, 7) is 2.03. The normalized spacial score (nSPS) is 11.8. The molecule has 1 amide bonds. The lowest BCUT2D eigenvalue weighted by molar-refractivity contribution is 0.0745. The molecule has 0 radical (unpaired) electrons. The van der Waals surface area contributed by atoms with Gasteiger partial charge in [0, 0.05) is 35.6 Å². The Morgan fingerprint density at radius 1 is 1.17 bits per heavy atom. The van der Waals surface area contributed by atoms with Gasteiger partial charge < -0.3 is 10.2 Å². The molecule has 0 saturated carbocycles. The highest BCUT2D eigenvalue weighted by Gasteiger charge is 2.19. The number of benzene rings is 1. The van der Waals surface area contributed by atoms with Crippen molar-refractivity contribution in [1.82, 2.24) is 14.9 Å². The first-order valence-corrected chi connectivity index (χ1v) is 8.48. The molecule has 1 N–H and O–H groups in total. The van der Waals surface area contributed by atoms with Crippen LogP contribution < -0.4 is 5.32 Å². The van der Waals surface area contributed by atoms with Crippen LogP contribution in [0.2, 0.25) is 0 Å². The number of hydrogen-bond acceptors (Lipinski definition) is 5. The number of carbonyl (C=O) groups is 1. The first-order chi connectivity index (χ1) is 11.6. The van der Waals surface area contributed by atoms with Crippen LogP contribution >= 0.6 is 11.3 Å². The van der Waals surface area contributed by atoms with Crippen molar-refractivity contribution >= 4 is 28.9 Å². The van der Waals surface area contributed by atoms with E-state index < -0.39 is 0 Å². The minimum Gasteiger partial charge on any atom is -0.334 e. The Labute approximate surface area is 145 Å². The predicted molar refractivity (Wildman–Crippen MR) is 96.6 cm³/mol. The van der Waals surface area contributed by atoms with Crippen molar-refractivity contribution in [1.29, 1.82) is 0 Å². The van der Waals surface area contributed by atoms with Gasteiger partial charge >= 0.3 is 0 Å². The van der Waals surface area contributed by atoms with E-state index in [1.165, 1.54) is 0 Å². The summed E-state index contributed by atoms with van der Waals surface area (Å²) in [5.41, 5.74) is 1.41. The van der Waals surface area contributed by atoms with E-state index in [1.54, 1.807) is 34.7 Å². The van der Waals surface area contributed by atoms with Gasteiger partial charge in [0.05, 0.1) is 6.04 Å². The third-order valence-corrected chi connectivity index (χ3v) is 4.83. The Morgan fingerprint density at radius 3 is 2.67 bits per heavy atom. The highest BCUT2D eigenvalue weighted by Crippen LogP contribution is 2.25. The standard InChI is InChI=1S/C18H18N4OS/c1-13(16-8-4-11-24-16)22(2)17(23)14-6-3-7-15(12-14)21-18-19-9-5-10-20-18/h3-13H,1-2H3,(H,19,20,21)/t13-/m1/s1. The van der Waals surface area contributed by atoms with Gasteiger partial charge in [0.25, 0.3) is 5.91 Å². The van der Waals surface area contributed by atoms with E-state index in [0.29, 0.717) is 11.5 Å². The molecular formula is C18H18N4OS. The number of amides is 1. The molecule has 24 heavy (non-hydrogen) atoms. The number of nitrogens with zero attached hydrogens (tertiary/aromatic N) is 3. The monoisotopic (exact) mass is 338 g/mol. The fourth-order valence-corrected chi connectivity index (χ4v) is 3.15. The van der Waals surface area contributed by atoms with Crippen LogP contribution in [0.4, 0.5) is 11.6 Å². The minimum absolute atomic E-state index is 0.0199. The van der Waals surface area contributed by atoms with E-state index in [4.69, 9.17) is 0 Å². The fourth-order valence-electron chi connectivity index (χ4n) is 2.32. The molecule has 2 heterocycles. The number of rotatable bonds is 5. The molecule has 1 aromatic carbocycles. The van der Waals surface area contributed by atoms with Gasteiger partial charge in [-0.1, -0.05) is 12.1 Å². The zero-order chi connectivity index (χ0) is 16.9. The molecule has 0 spiro atoms. The average Bonchev–Trinajstić information content (AvgIpc) is 3.15. The molecule has 0 bridgehead atoms. The molecule has 0 aliphatic carbocycles. The summed E-state index contributed by atoms with van der Waals surface area (Å²) < 4.78 is 0. The number of aromatic nitrogens is 2. The zero-order valence-electron chi connectivity index (χ0n) is 13.5. The van der Waals surface area contributed by atoms with Crippen molar-refractivity contribution in [3.8, 4) is 0 Å². The molecule has 2 aromatic heterocycles. The molecule has 0 aliphatic heterocycles. The van der Waals surface area contributed by atoms with E-state index >= 15 is 0 Å². The second-order valence-electron chi connectivity index (χ2n) is 5.39. The molecule has 122 valence electrons. The SMILES string of the molecule is C[C@H](c1cccs1)N(C)C(=O)c1cccc(Nc2ncccn2)c1. The number of anilines is 2. The van der Waals surface area contributed by atoms with Crippen LogP contribution in [0, 0.1) is 0 Å². The van der Waals surface area contributed by atoms with E-state index in [1.807, 2.05) is 55.7 Å². The van der Waals surface area contributed by atoms with Crippen LogP contribution in [0.3, 0.4) is 0 Å². The molecule has 0 unspecified atom stereocenters. The Balaban J connectivity index is 1.76. The van der Waals surface area contributed by atoms with Gasteiger partial charge in [0.15, 0.2) is 0 Å². The van der Waals surface area contributed by atoms with Gasteiger partial charge in [-0.05, 0) is 42.6 Å². The molecule has 1 atom stereocenters. The van der Waals surface area contributed by atoms with Gasteiger partial charge in [0.2, 0.25) is 5.95 Å². The lowest BCUT2D eigenvalue weighted by atomic mass is 10.1. The van der Waals surface area contributed by atoms with E-state index in [9.17, 15) is 4.79 Å². The Bertz CT molecular complexity index is 805. The first kappa shape index (κ1) is 16.1. The number of hydrogen-bond donors (Lipinski definition) is 1.